The molecule has 2 heterocycles. The summed E-state index contributed by atoms with van der Waals surface area (Å²) < 4.78 is 72.1. The van der Waals surface area contributed by atoms with Crippen molar-refractivity contribution in [1.82, 2.24) is 14.0 Å². The van der Waals surface area contributed by atoms with Crippen molar-refractivity contribution in [3.8, 4) is 0 Å². The molecule has 5 rings (SSSR count). The number of hydrogen-bond acceptors (Lipinski definition) is 5. The summed E-state index contributed by atoms with van der Waals surface area (Å²) in [6, 6.07) is 17.0. The molecule has 0 bridgehead atoms. The van der Waals surface area contributed by atoms with Gasteiger partial charge in [0, 0.05) is 50.0 Å². The maximum absolute atomic E-state index is 14.9. The smallest absolute Gasteiger partial charge is 0.363 e. The largest absolute Gasteiger partial charge is 0.416 e. The molecular formula is C32H32F5N5O2. The Morgan fingerprint density at radius 1 is 0.841 bits per heavy atom. The van der Waals surface area contributed by atoms with Crippen LogP contribution in [-0.4, -0.2) is 40.2 Å². The van der Waals surface area contributed by atoms with E-state index in [-0.39, 0.29) is 23.7 Å². The number of benzene rings is 3. The van der Waals surface area contributed by atoms with Gasteiger partial charge in [0.2, 0.25) is 0 Å². The van der Waals surface area contributed by atoms with Crippen molar-refractivity contribution in [2.45, 2.75) is 38.8 Å². The molecule has 232 valence electrons. The number of nitrogens with zero attached hydrogens (tertiary/aromatic N) is 4. The van der Waals surface area contributed by atoms with Crippen LogP contribution in [0.3, 0.4) is 0 Å². The number of nitrogens with two attached hydrogens (primary N) is 1. The third-order valence-corrected chi connectivity index (χ3v) is 7.99. The molecule has 1 fully saturated rings. The summed E-state index contributed by atoms with van der Waals surface area (Å²) in [4.78, 5) is 31.6. The molecule has 0 amide bonds. The fraction of sp³-hybridized carbons (Fsp3) is 0.312. The van der Waals surface area contributed by atoms with Crippen LogP contribution in [0, 0.1) is 18.6 Å². The van der Waals surface area contributed by atoms with Gasteiger partial charge in [-0.2, -0.15) is 13.2 Å². The van der Waals surface area contributed by atoms with Gasteiger partial charge in [0.25, 0.3) is 5.56 Å². The Labute approximate surface area is 250 Å². The molecule has 0 saturated carbocycles. The Balaban J connectivity index is 1.54. The van der Waals surface area contributed by atoms with Crippen molar-refractivity contribution in [3.05, 3.63) is 133 Å². The molecule has 44 heavy (non-hydrogen) atoms. The molecule has 1 aliphatic rings. The number of hydrogen-bond donors (Lipinski definition) is 1. The van der Waals surface area contributed by atoms with Gasteiger partial charge in [-0.3, -0.25) is 18.8 Å². The standard InChI is InChI=1S/C32H32F5N5O2/c1-21-29(40-15-13-39(14-16-40)18-22-7-5-10-24(33)17-22)30(43)42(20-28(38)23-8-3-2-4-9-23)31(44)41(21)19-25-26(32(35,36)37)11-6-12-27(25)34/h2-12,17,28H,13-16,18-20,38H2,1H3/t28-/m1/s1. The van der Waals surface area contributed by atoms with E-state index in [0.29, 0.717) is 38.3 Å². The zero-order chi connectivity index (χ0) is 31.6. The molecule has 3 aromatic carbocycles. The maximum Gasteiger partial charge on any atom is 0.416 e. The lowest BCUT2D eigenvalue weighted by molar-refractivity contribution is -0.138. The number of rotatable bonds is 8. The van der Waals surface area contributed by atoms with Crippen molar-refractivity contribution in [3.63, 3.8) is 0 Å². The van der Waals surface area contributed by atoms with E-state index < -0.39 is 47.0 Å². The van der Waals surface area contributed by atoms with Crippen LogP contribution in [0.1, 0.15) is 34.0 Å². The number of alkyl halides is 3. The first-order valence-electron chi connectivity index (χ1n) is 14.1. The van der Waals surface area contributed by atoms with Gasteiger partial charge in [-0.25, -0.2) is 13.6 Å². The molecule has 7 nitrogen and oxygen atoms in total. The quantitative estimate of drug-likeness (QED) is 0.292. The van der Waals surface area contributed by atoms with E-state index in [1.54, 1.807) is 41.3 Å². The van der Waals surface area contributed by atoms with E-state index in [1.807, 2.05) is 6.07 Å². The van der Waals surface area contributed by atoms with Crippen molar-refractivity contribution in [1.29, 1.82) is 0 Å². The Morgan fingerprint density at radius 3 is 2.18 bits per heavy atom. The van der Waals surface area contributed by atoms with Crippen molar-refractivity contribution < 1.29 is 22.0 Å². The topological polar surface area (TPSA) is 76.5 Å². The van der Waals surface area contributed by atoms with E-state index in [9.17, 15) is 31.5 Å². The summed E-state index contributed by atoms with van der Waals surface area (Å²) in [6.07, 6.45) is -4.86. The van der Waals surface area contributed by atoms with Crippen LogP contribution in [0.5, 0.6) is 0 Å². The zero-order valence-electron chi connectivity index (χ0n) is 24.0. The fourth-order valence-electron chi connectivity index (χ4n) is 5.67. The highest BCUT2D eigenvalue weighted by Gasteiger charge is 2.35. The predicted octanol–water partition coefficient (Wildman–Crippen LogP) is 4.69. The third-order valence-electron chi connectivity index (χ3n) is 7.99. The molecule has 0 spiro atoms. The summed E-state index contributed by atoms with van der Waals surface area (Å²) in [5.74, 6) is -1.45. The second kappa shape index (κ2) is 12.7. The molecule has 4 aromatic rings. The van der Waals surface area contributed by atoms with Crippen LogP contribution in [0.25, 0.3) is 0 Å². The first kappa shape index (κ1) is 31.1. The molecule has 12 heteroatoms. The SMILES string of the molecule is Cc1c(N2CCN(Cc3cccc(F)c3)CC2)c(=O)n(C[C@@H](N)c2ccccc2)c(=O)n1Cc1c(F)cccc1C(F)(F)F. The fourth-order valence-corrected chi connectivity index (χ4v) is 5.67. The second-order valence-corrected chi connectivity index (χ2v) is 10.9. The van der Waals surface area contributed by atoms with Crippen LogP contribution >= 0.6 is 0 Å². The minimum atomic E-state index is -4.86. The first-order valence-corrected chi connectivity index (χ1v) is 14.1. The van der Waals surface area contributed by atoms with Crippen molar-refractivity contribution in [2.75, 3.05) is 31.1 Å². The average molecular weight is 614 g/mol. The molecule has 1 saturated heterocycles. The summed E-state index contributed by atoms with van der Waals surface area (Å²) >= 11 is 0. The van der Waals surface area contributed by atoms with Gasteiger partial charge in [-0.1, -0.05) is 48.5 Å². The van der Waals surface area contributed by atoms with E-state index in [0.717, 1.165) is 32.9 Å². The summed E-state index contributed by atoms with van der Waals surface area (Å²) in [5, 5.41) is 0. The molecule has 2 N–H and O–H groups in total. The van der Waals surface area contributed by atoms with Crippen molar-refractivity contribution >= 4 is 5.69 Å². The number of aromatic nitrogens is 2. The minimum absolute atomic E-state index is 0.125. The molecule has 0 aliphatic carbocycles. The number of anilines is 1. The number of halogens is 5. The van der Waals surface area contributed by atoms with Gasteiger partial charge in [0.15, 0.2) is 0 Å². The van der Waals surface area contributed by atoms with E-state index >= 15 is 0 Å². The maximum atomic E-state index is 14.9. The van der Waals surface area contributed by atoms with Crippen LogP contribution in [0.2, 0.25) is 0 Å². The summed E-state index contributed by atoms with van der Waals surface area (Å²) in [7, 11) is 0. The van der Waals surface area contributed by atoms with Crippen molar-refractivity contribution in [2.24, 2.45) is 5.73 Å². The van der Waals surface area contributed by atoms with E-state index in [1.165, 1.54) is 19.1 Å². The highest BCUT2D eigenvalue weighted by molar-refractivity contribution is 5.50. The first-order chi connectivity index (χ1) is 20.9. The lowest BCUT2D eigenvalue weighted by atomic mass is 10.1. The Hall–Kier alpha value is -4.29. The monoisotopic (exact) mass is 613 g/mol. The summed E-state index contributed by atoms with van der Waals surface area (Å²) in [6.45, 7) is 2.73. The van der Waals surface area contributed by atoms with Gasteiger partial charge < -0.3 is 10.6 Å². The van der Waals surface area contributed by atoms with Crippen LogP contribution < -0.4 is 21.9 Å². The highest BCUT2D eigenvalue weighted by Crippen LogP contribution is 2.33. The highest BCUT2D eigenvalue weighted by atomic mass is 19.4. The Kier molecular flexibility index (Phi) is 9.02. The molecular weight excluding hydrogens is 581 g/mol. The van der Waals surface area contributed by atoms with Crippen LogP contribution in [0.4, 0.5) is 27.6 Å². The van der Waals surface area contributed by atoms with Crippen LogP contribution in [0.15, 0.2) is 82.4 Å². The normalized spacial score (nSPS) is 15.0. The van der Waals surface area contributed by atoms with E-state index in [4.69, 9.17) is 5.73 Å². The number of piperazine rings is 1. The zero-order valence-corrected chi connectivity index (χ0v) is 24.0. The molecule has 1 aromatic heterocycles. The third kappa shape index (κ3) is 6.61. The van der Waals surface area contributed by atoms with Gasteiger partial charge in [-0.15, -0.1) is 0 Å². The molecule has 1 atom stereocenters. The average Bonchev–Trinajstić information content (AvgIpc) is 2.99. The predicted molar refractivity (Wildman–Crippen MR) is 157 cm³/mol. The van der Waals surface area contributed by atoms with Crippen LogP contribution in [-0.2, 0) is 25.8 Å². The lowest BCUT2D eigenvalue weighted by Crippen LogP contribution is -2.51. The molecule has 0 radical (unpaired) electrons. The van der Waals surface area contributed by atoms with Gasteiger partial charge in [0.05, 0.1) is 18.7 Å². The minimum Gasteiger partial charge on any atom is -0.363 e. The second-order valence-electron chi connectivity index (χ2n) is 10.9. The lowest BCUT2D eigenvalue weighted by Gasteiger charge is -2.37. The summed E-state index contributed by atoms with van der Waals surface area (Å²) in [5.41, 5.74) is 4.69. The Bertz CT molecular complexity index is 1750. The van der Waals surface area contributed by atoms with Gasteiger partial charge >= 0.3 is 11.9 Å². The Morgan fingerprint density at radius 2 is 1.52 bits per heavy atom. The van der Waals surface area contributed by atoms with Gasteiger partial charge in [0.1, 0.15) is 17.3 Å². The van der Waals surface area contributed by atoms with E-state index in [2.05, 4.69) is 4.90 Å². The molecule has 0 unspecified atom stereocenters. The van der Waals surface area contributed by atoms with Gasteiger partial charge in [-0.05, 0) is 42.3 Å². The molecule has 1 aliphatic heterocycles.